The summed E-state index contributed by atoms with van der Waals surface area (Å²) in [5.74, 6) is -0.501. The van der Waals surface area contributed by atoms with Crippen LogP contribution in [0.1, 0.15) is 25.7 Å². The second-order valence-corrected chi connectivity index (χ2v) is 8.15. The Labute approximate surface area is 158 Å². The topological polar surface area (TPSA) is 78.5 Å². The van der Waals surface area contributed by atoms with E-state index >= 15 is 0 Å². The lowest BCUT2D eigenvalue weighted by molar-refractivity contribution is 0.214. The van der Waals surface area contributed by atoms with Crippen LogP contribution in [0.2, 0.25) is 0 Å². The molecule has 0 unspecified atom stereocenters. The molecule has 0 radical (unpaired) electrons. The van der Waals surface area contributed by atoms with Crippen LogP contribution >= 0.6 is 0 Å². The average molecular weight is 391 g/mol. The fraction of sp³-hybridized carbons (Fsp3) is 0.316. The first-order valence-corrected chi connectivity index (χ1v) is 10.4. The fourth-order valence-electron chi connectivity index (χ4n) is 2.93. The zero-order valence-corrected chi connectivity index (χ0v) is 15.6. The summed E-state index contributed by atoms with van der Waals surface area (Å²) in [6.07, 6.45) is 4.31. The maximum Gasteiger partial charge on any atom is 0.321 e. The number of urea groups is 1. The molecule has 0 spiro atoms. The average Bonchev–Trinajstić information content (AvgIpc) is 2.93. The van der Waals surface area contributed by atoms with Gasteiger partial charge in [-0.3, -0.25) is 4.72 Å². The van der Waals surface area contributed by atoms with Gasteiger partial charge in [0, 0.05) is 24.5 Å². The van der Waals surface area contributed by atoms with Crippen LogP contribution in [0.5, 0.6) is 0 Å². The Morgan fingerprint density at radius 1 is 0.852 bits per heavy atom. The summed E-state index contributed by atoms with van der Waals surface area (Å²) in [4.78, 5) is 14.1. The number of sulfonamides is 1. The molecule has 1 fully saturated rings. The predicted octanol–water partition coefficient (Wildman–Crippen LogP) is 4.03. The first-order valence-electron chi connectivity index (χ1n) is 8.88. The molecule has 2 aromatic rings. The van der Waals surface area contributed by atoms with Gasteiger partial charge in [0.25, 0.3) is 10.0 Å². The summed E-state index contributed by atoms with van der Waals surface area (Å²) >= 11 is 0. The Bertz CT molecular complexity index is 875. The summed E-state index contributed by atoms with van der Waals surface area (Å²) in [5, 5.41) is 2.84. The third-order valence-corrected chi connectivity index (χ3v) is 5.80. The van der Waals surface area contributed by atoms with Crippen LogP contribution in [-0.2, 0) is 10.0 Å². The predicted molar refractivity (Wildman–Crippen MR) is 103 cm³/mol. The Kier molecular flexibility index (Phi) is 5.95. The lowest BCUT2D eigenvalue weighted by Crippen LogP contribution is -2.35. The molecule has 0 saturated carbocycles. The highest BCUT2D eigenvalue weighted by Gasteiger charge is 2.16. The van der Waals surface area contributed by atoms with Crippen molar-refractivity contribution in [3.8, 4) is 0 Å². The highest BCUT2D eigenvalue weighted by Crippen LogP contribution is 2.19. The fourth-order valence-corrected chi connectivity index (χ4v) is 3.98. The first-order chi connectivity index (χ1) is 12.9. The summed E-state index contributed by atoms with van der Waals surface area (Å²) in [6, 6.07) is 10.9. The van der Waals surface area contributed by atoms with E-state index in [4.69, 9.17) is 0 Å². The van der Waals surface area contributed by atoms with Crippen molar-refractivity contribution in [3.63, 3.8) is 0 Å². The van der Waals surface area contributed by atoms with Crippen LogP contribution in [-0.4, -0.2) is 32.4 Å². The Morgan fingerprint density at radius 3 is 2.00 bits per heavy atom. The van der Waals surface area contributed by atoms with Gasteiger partial charge in [-0.2, -0.15) is 0 Å². The summed E-state index contributed by atoms with van der Waals surface area (Å²) in [6.45, 7) is 1.50. The molecule has 2 amide bonds. The molecule has 0 aromatic heterocycles. The highest BCUT2D eigenvalue weighted by molar-refractivity contribution is 7.92. The zero-order chi connectivity index (χ0) is 19.3. The number of nitrogens with one attached hydrogen (secondary N) is 2. The van der Waals surface area contributed by atoms with Crippen molar-refractivity contribution < 1.29 is 17.6 Å². The standard InChI is InChI=1S/C19H22FN3O3S/c20-15-5-11-18(12-6-15)27(25,26)22-17-9-7-16(8-10-17)21-19(24)23-13-3-1-2-4-14-23/h5-12,22H,1-4,13-14H2,(H,21,24). The summed E-state index contributed by atoms with van der Waals surface area (Å²) < 4.78 is 40.0. The maximum atomic E-state index is 13.0. The molecule has 0 atom stereocenters. The van der Waals surface area contributed by atoms with Crippen LogP contribution in [0.4, 0.5) is 20.6 Å². The lowest BCUT2D eigenvalue weighted by atomic mass is 10.2. The van der Waals surface area contributed by atoms with Crippen molar-refractivity contribution in [1.29, 1.82) is 0 Å². The summed E-state index contributed by atoms with van der Waals surface area (Å²) in [7, 11) is -3.80. The zero-order valence-electron chi connectivity index (χ0n) is 14.8. The van der Waals surface area contributed by atoms with Crippen LogP contribution in [0.3, 0.4) is 0 Å². The van der Waals surface area contributed by atoms with E-state index < -0.39 is 15.8 Å². The van der Waals surface area contributed by atoms with Crippen LogP contribution in [0, 0.1) is 5.82 Å². The minimum Gasteiger partial charge on any atom is -0.325 e. The molecular formula is C19H22FN3O3S. The van der Waals surface area contributed by atoms with E-state index in [9.17, 15) is 17.6 Å². The molecule has 2 aromatic carbocycles. The number of halogens is 1. The van der Waals surface area contributed by atoms with Gasteiger partial charge in [0.2, 0.25) is 0 Å². The third kappa shape index (κ3) is 5.19. The van der Waals surface area contributed by atoms with E-state index in [2.05, 4.69) is 10.0 Å². The van der Waals surface area contributed by atoms with Gasteiger partial charge in [-0.25, -0.2) is 17.6 Å². The molecular weight excluding hydrogens is 369 g/mol. The van der Waals surface area contributed by atoms with E-state index in [1.807, 2.05) is 0 Å². The number of likely N-dealkylation sites (tertiary alicyclic amines) is 1. The summed E-state index contributed by atoms with van der Waals surface area (Å²) in [5.41, 5.74) is 0.945. The Morgan fingerprint density at radius 2 is 1.41 bits per heavy atom. The van der Waals surface area contributed by atoms with Gasteiger partial charge in [-0.1, -0.05) is 12.8 Å². The number of anilines is 2. The maximum absolute atomic E-state index is 13.0. The van der Waals surface area contributed by atoms with Gasteiger partial charge >= 0.3 is 6.03 Å². The molecule has 8 heteroatoms. The van der Waals surface area contributed by atoms with Crippen molar-refractivity contribution in [2.24, 2.45) is 0 Å². The Hall–Kier alpha value is -2.61. The highest BCUT2D eigenvalue weighted by atomic mass is 32.2. The number of amides is 2. The second kappa shape index (κ2) is 8.39. The van der Waals surface area contributed by atoms with E-state index in [0.29, 0.717) is 11.4 Å². The molecule has 2 N–H and O–H groups in total. The van der Waals surface area contributed by atoms with Gasteiger partial charge in [0.05, 0.1) is 4.90 Å². The minimum absolute atomic E-state index is 0.0255. The molecule has 1 saturated heterocycles. The molecule has 1 aliphatic heterocycles. The van der Waals surface area contributed by atoms with Gasteiger partial charge < -0.3 is 10.2 Å². The van der Waals surface area contributed by atoms with Gasteiger partial charge in [0.15, 0.2) is 0 Å². The van der Waals surface area contributed by atoms with Crippen molar-refractivity contribution in [2.45, 2.75) is 30.6 Å². The van der Waals surface area contributed by atoms with Gasteiger partial charge in [-0.05, 0) is 61.4 Å². The van der Waals surface area contributed by atoms with Crippen molar-refractivity contribution in [2.75, 3.05) is 23.1 Å². The van der Waals surface area contributed by atoms with E-state index in [0.717, 1.165) is 50.9 Å². The molecule has 1 heterocycles. The molecule has 0 aliphatic carbocycles. The first kappa shape index (κ1) is 19.2. The van der Waals surface area contributed by atoms with Gasteiger partial charge in [0.1, 0.15) is 5.82 Å². The molecule has 27 heavy (non-hydrogen) atoms. The molecule has 144 valence electrons. The number of carbonyl (C=O) groups is 1. The number of hydrogen-bond donors (Lipinski definition) is 2. The second-order valence-electron chi connectivity index (χ2n) is 6.47. The minimum atomic E-state index is -3.80. The van der Waals surface area contributed by atoms with E-state index in [1.54, 1.807) is 29.2 Å². The van der Waals surface area contributed by atoms with Crippen LogP contribution < -0.4 is 10.0 Å². The van der Waals surface area contributed by atoms with Gasteiger partial charge in [-0.15, -0.1) is 0 Å². The van der Waals surface area contributed by atoms with E-state index in [-0.39, 0.29) is 10.9 Å². The SMILES string of the molecule is O=C(Nc1ccc(NS(=O)(=O)c2ccc(F)cc2)cc1)N1CCCCCC1. The monoisotopic (exact) mass is 391 g/mol. The molecule has 0 bridgehead atoms. The normalized spacial score (nSPS) is 15.1. The Balaban J connectivity index is 1.63. The van der Waals surface area contributed by atoms with Crippen molar-refractivity contribution in [3.05, 3.63) is 54.3 Å². The quantitative estimate of drug-likeness (QED) is 0.826. The molecule has 3 rings (SSSR count). The van der Waals surface area contributed by atoms with Crippen LogP contribution in [0.25, 0.3) is 0 Å². The van der Waals surface area contributed by atoms with Crippen molar-refractivity contribution >= 4 is 27.4 Å². The number of carbonyl (C=O) groups excluding carboxylic acids is 1. The molecule has 6 nitrogen and oxygen atoms in total. The largest absolute Gasteiger partial charge is 0.325 e. The smallest absolute Gasteiger partial charge is 0.321 e. The van der Waals surface area contributed by atoms with E-state index in [1.165, 1.54) is 12.1 Å². The number of benzene rings is 2. The molecule has 1 aliphatic rings. The number of rotatable bonds is 4. The number of nitrogens with zero attached hydrogens (tertiary/aromatic N) is 1. The lowest BCUT2D eigenvalue weighted by Gasteiger charge is -2.20. The number of hydrogen-bond acceptors (Lipinski definition) is 3. The van der Waals surface area contributed by atoms with Crippen LogP contribution in [0.15, 0.2) is 53.4 Å². The third-order valence-electron chi connectivity index (χ3n) is 4.41. The van der Waals surface area contributed by atoms with Crippen molar-refractivity contribution in [1.82, 2.24) is 4.90 Å².